The van der Waals surface area contributed by atoms with Crippen LogP contribution < -0.4 is 0 Å². The molecule has 2 rings (SSSR count). The third-order valence-electron chi connectivity index (χ3n) is 2.89. The second-order valence-electron chi connectivity index (χ2n) is 4.18. The molecule has 0 unspecified atom stereocenters. The maximum Gasteiger partial charge on any atom is 0.362 e. The highest BCUT2D eigenvalue weighted by Gasteiger charge is 2.55. The van der Waals surface area contributed by atoms with Crippen molar-refractivity contribution in [1.82, 2.24) is 0 Å². The van der Waals surface area contributed by atoms with Gasteiger partial charge in [0.15, 0.2) is 5.85 Å². The summed E-state index contributed by atoms with van der Waals surface area (Å²) in [6.07, 6.45) is -0.171. The molecule has 1 aromatic carbocycles. The van der Waals surface area contributed by atoms with Gasteiger partial charge in [0.25, 0.3) is 0 Å². The Morgan fingerprint density at radius 1 is 1.22 bits per heavy atom. The van der Waals surface area contributed by atoms with Crippen LogP contribution in [0.2, 0.25) is 0 Å². The summed E-state index contributed by atoms with van der Waals surface area (Å²) in [5.41, 5.74) is 2.19. The standard InChI is InChI=1S/C13H19O4P/c1-4-15-18(14,16-5-2)13-12(17-13)11-9-7-6-8-10(11)3/h6-9,12-13H,4-5H2,1-3H3/t12-,13-/m1/s1. The highest BCUT2D eigenvalue weighted by Crippen LogP contribution is 2.66. The van der Waals surface area contributed by atoms with E-state index in [4.69, 9.17) is 13.8 Å². The maximum atomic E-state index is 12.5. The van der Waals surface area contributed by atoms with Gasteiger partial charge in [-0.15, -0.1) is 0 Å². The van der Waals surface area contributed by atoms with Gasteiger partial charge in [0, 0.05) is 0 Å². The van der Waals surface area contributed by atoms with Crippen molar-refractivity contribution in [3.63, 3.8) is 0 Å². The number of hydrogen-bond acceptors (Lipinski definition) is 4. The maximum absolute atomic E-state index is 12.5. The number of ether oxygens (including phenoxy) is 1. The molecule has 1 aliphatic heterocycles. The zero-order chi connectivity index (χ0) is 13.2. The molecule has 1 aromatic rings. The number of benzene rings is 1. The Morgan fingerprint density at radius 3 is 2.39 bits per heavy atom. The number of hydrogen-bond donors (Lipinski definition) is 0. The molecule has 1 aliphatic rings. The highest BCUT2D eigenvalue weighted by molar-refractivity contribution is 7.54. The van der Waals surface area contributed by atoms with Crippen molar-refractivity contribution in [2.75, 3.05) is 13.2 Å². The molecule has 0 aromatic heterocycles. The second kappa shape index (κ2) is 5.54. The minimum Gasteiger partial charge on any atom is -0.351 e. The Kier molecular flexibility index (Phi) is 4.23. The Labute approximate surface area is 108 Å². The second-order valence-corrected chi connectivity index (χ2v) is 6.28. The van der Waals surface area contributed by atoms with Gasteiger partial charge in [-0.1, -0.05) is 24.3 Å². The van der Waals surface area contributed by atoms with Crippen LogP contribution in [0.1, 0.15) is 31.1 Å². The predicted octanol–water partition coefficient (Wildman–Crippen LogP) is 3.66. The van der Waals surface area contributed by atoms with Crippen molar-refractivity contribution < 1.29 is 18.3 Å². The van der Waals surface area contributed by atoms with Crippen LogP contribution in [-0.2, 0) is 18.3 Å². The van der Waals surface area contributed by atoms with Crippen molar-refractivity contribution >= 4 is 7.60 Å². The van der Waals surface area contributed by atoms with Crippen molar-refractivity contribution in [3.8, 4) is 0 Å². The molecule has 18 heavy (non-hydrogen) atoms. The lowest BCUT2D eigenvalue weighted by Gasteiger charge is -2.14. The topological polar surface area (TPSA) is 48.1 Å². The van der Waals surface area contributed by atoms with E-state index in [1.54, 1.807) is 13.8 Å². The molecule has 2 atom stereocenters. The molecular weight excluding hydrogens is 251 g/mol. The molecule has 1 fully saturated rings. The first-order valence-electron chi connectivity index (χ1n) is 6.22. The van der Waals surface area contributed by atoms with Crippen molar-refractivity contribution in [2.45, 2.75) is 32.7 Å². The molecule has 5 heteroatoms. The van der Waals surface area contributed by atoms with Crippen molar-refractivity contribution in [1.29, 1.82) is 0 Å². The average molecular weight is 270 g/mol. The van der Waals surface area contributed by atoms with E-state index >= 15 is 0 Å². The summed E-state index contributed by atoms with van der Waals surface area (Å²) in [6, 6.07) is 7.93. The van der Waals surface area contributed by atoms with E-state index in [0.717, 1.165) is 11.1 Å². The van der Waals surface area contributed by atoms with Crippen LogP contribution in [0.5, 0.6) is 0 Å². The minimum atomic E-state index is -3.14. The summed E-state index contributed by atoms with van der Waals surface area (Å²) in [5.74, 6) is -0.460. The van der Waals surface area contributed by atoms with Gasteiger partial charge >= 0.3 is 7.60 Å². The molecule has 1 saturated heterocycles. The summed E-state index contributed by atoms with van der Waals surface area (Å²) < 4.78 is 28.6. The van der Waals surface area contributed by atoms with Gasteiger partial charge in [-0.05, 0) is 31.9 Å². The summed E-state index contributed by atoms with van der Waals surface area (Å²) >= 11 is 0. The van der Waals surface area contributed by atoms with Gasteiger partial charge in [0.1, 0.15) is 6.10 Å². The molecule has 0 amide bonds. The number of rotatable bonds is 6. The van der Waals surface area contributed by atoms with Gasteiger partial charge < -0.3 is 13.8 Å². The van der Waals surface area contributed by atoms with Crippen LogP contribution >= 0.6 is 7.60 Å². The van der Waals surface area contributed by atoms with Crippen LogP contribution in [0, 0.1) is 6.92 Å². The highest BCUT2D eigenvalue weighted by atomic mass is 31.2. The van der Waals surface area contributed by atoms with Gasteiger partial charge in [0.2, 0.25) is 0 Å². The van der Waals surface area contributed by atoms with Crippen LogP contribution in [0.3, 0.4) is 0 Å². The van der Waals surface area contributed by atoms with E-state index in [1.807, 2.05) is 31.2 Å². The first kappa shape index (κ1) is 13.8. The molecule has 0 aliphatic carbocycles. The number of aryl methyl sites for hydroxylation is 1. The van der Waals surface area contributed by atoms with Gasteiger partial charge in [-0.25, -0.2) is 0 Å². The Balaban J connectivity index is 2.14. The quantitative estimate of drug-likeness (QED) is 0.584. The molecule has 0 radical (unpaired) electrons. The molecule has 0 spiro atoms. The summed E-state index contributed by atoms with van der Waals surface area (Å²) in [4.78, 5) is 0. The smallest absolute Gasteiger partial charge is 0.351 e. The molecule has 0 bridgehead atoms. The first-order valence-corrected chi connectivity index (χ1v) is 7.83. The van der Waals surface area contributed by atoms with Crippen molar-refractivity contribution in [3.05, 3.63) is 35.4 Å². The Bertz CT molecular complexity index is 450. The monoisotopic (exact) mass is 270 g/mol. The summed E-state index contributed by atoms with van der Waals surface area (Å²) in [5, 5.41) is 0. The van der Waals surface area contributed by atoms with E-state index < -0.39 is 13.4 Å². The van der Waals surface area contributed by atoms with Crippen molar-refractivity contribution in [2.24, 2.45) is 0 Å². The third kappa shape index (κ3) is 2.67. The zero-order valence-corrected chi connectivity index (χ0v) is 11.9. The lowest BCUT2D eigenvalue weighted by molar-refractivity contribution is 0.208. The minimum absolute atomic E-state index is 0.171. The summed E-state index contributed by atoms with van der Waals surface area (Å²) in [7, 11) is -3.14. The molecular formula is C13H19O4P. The third-order valence-corrected chi connectivity index (χ3v) is 5.15. The molecule has 1 heterocycles. The van der Waals surface area contributed by atoms with E-state index in [2.05, 4.69) is 0 Å². The van der Waals surface area contributed by atoms with Crippen LogP contribution in [0.25, 0.3) is 0 Å². The fraction of sp³-hybridized carbons (Fsp3) is 0.538. The molecule has 0 saturated carbocycles. The molecule has 100 valence electrons. The fourth-order valence-corrected chi connectivity index (χ4v) is 3.88. The Hall–Kier alpha value is -0.670. The lowest BCUT2D eigenvalue weighted by atomic mass is 10.1. The molecule has 4 nitrogen and oxygen atoms in total. The van der Waals surface area contributed by atoms with Gasteiger partial charge in [-0.2, -0.15) is 0 Å². The van der Waals surface area contributed by atoms with Gasteiger partial charge in [-0.3, -0.25) is 4.57 Å². The first-order chi connectivity index (χ1) is 8.62. The van der Waals surface area contributed by atoms with Crippen LogP contribution in [0.4, 0.5) is 0 Å². The van der Waals surface area contributed by atoms with Crippen LogP contribution in [0.15, 0.2) is 24.3 Å². The average Bonchev–Trinajstić information content (AvgIpc) is 3.11. The van der Waals surface area contributed by atoms with E-state index in [9.17, 15) is 4.57 Å². The largest absolute Gasteiger partial charge is 0.362 e. The SMILES string of the molecule is CCOP(=O)(OCC)[C@H]1O[C@@H]1c1ccccc1C. The van der Waals surface area contributed by atoms with Gasteiger partial charge in [0.05, 0.1) is 13.2 Å². The number of epoxide rings is 1. The predicted molar refractivity (Wildman–Crippen MR) is 69.7 cm³/mol. The zero-order valence-electron chi connectivity index (χ0n) is 11.0. The van der Waals surface area contributed by atoms with Crippen LogP contribution in [-0.4, -0.2) is 19.1 Å². The Morgan fingerprint density at radius 2 is 1.83 bits per heavy atom. The molecule has 0 N–H and O–H groups in total. The normalized spacial score (nSPS) is 23.1. The van der Waals surface area contributed by atoms with E-state index in [1.165, 1.54) is 0 Å². The van der Waals surface area contributed by atoms with E-state index in [-0.39, 0.29) is 6.10 Å². The summed E-state index contributed by atoms with van der Waals surface area (Å²) in [6.45, 7) is 6.34. The lowest BCUT2D eigenvalue weighted by Crippen LogP contribution is -2.02. The van der Waals surface area contributed by atoms with E-state index in [0.29, 0.717) is 13.2 Å². The fourth-order valence-electron chi connectivity index (χ4n) is 2.02.